The van der Waals surface area contributed by atoms with Crippen LogP contribution in [-0.4, -0.2) is 43.2 Å². The monoisotopic (exact) mass is 324 g/mol. The molecule has 1 unspecified atom stereocenters. The van der Waals surface area contributed by atoms with Crippen molar-refractivity contribution in [3.8, 4) is 0 Å². The molecule has 1 atom stereocenters. The van der Waals surface area contributed by atoms with E-state index in [4.69, 9.17) is 15.9 Å². The lowest BCUT2D eigenvalue weighted by Crippen LogP contribution is -2.40. The van der Waals surface area contributed by atoms with Crippen LogP contribution in [0.1, 0.15) is 10.4 Å². The third-order valence-corrected chi connectivity index (χ3v) is 3.80. The average Bonchev–Trinajstić information content (AvgIpc) is 2.35. The van der Waals surface area contributed by atoms with Gasteiger partial charge in [0.1, 0.15) is 22.4 Å². The zero-order valence-corrected chi connectivity index (χ0v) is 11.0. The van der Waals surface area contributed by atoms with Gasteiger partial charge in [-0.15, -0.1) is 0 Å². The van der Waals surface area contributed by atoms with Crippen LogP contribution in [0.3, 0.4) is 0 Å². The Morgan fingerprint density at radius 3 is 2.38 bits per heavy atom. The Balaban J connectivity index is 3.18. The molecule has 0 saturated carbocycles. The minimum absolute atomic E-state index is 0.464. The second kappa shape index (κ2) is 6.11. The van der Waals surface area contributed by atoms with E-state index in [1.54, 1.807) is 4.72 Å². The molecule has 0 aliphatic carbocycles. The normalized spacial score (nSPS) is 12.9. The molecule has 0 aromatic heterocycles. The molecule has 1 aromatic rings. The predicted octanol–water partition coefficient (Wildman–Crippen LogP) is -1.21. The number of halogens is 2. The third kappa shape index (κ3) is 3.71. The first-order valence-electron chi connectivity index (χ1n) is 5.26. The number of carbonyl (C=O) groups is 2. The van der Waals surface area contributed by atoms with E-state index < -0.39 is 56.6 Å². The van der Waals surface area contributed by atoms with Gasteiger partial charge in [-0.2, -0.15) is 0 Å². The van der Waals surface area contributed by atoms with Gasteiger partial charge < -0.3 is 15.9 Å². The smallest absolute Gasteiger partial charge is 0.341 e. The number of hydrogen-bond acceptors (Lipinski definition) is 5. The molecule has 0 saturated heterocycles. The molecule has 0 aliphatic heterocycles. The summed E-state index contributed by atoms with van der Waals surface area (Å²) in [6.07, 6.45) is -1.86. The van der Waals surface area contributed by atoms with Crippen molar-refractivity contribution in [2.45, 2.75) is 11.0 Å². The number of primary amides is 1. The maximum absolute atomic E-state index is 13.8. The van der Waals surface area contributed by atoms with Crippen LogP contribution in [0, 0.1) is 11.6 Å². The minimum Gasteiger partial charge on any atom is -0.477 e. The topological polar surface area (TPSA) is 147 Å². The number of rotatable bonds is 6. The number of sulfonamides is 1. The van der Waals surface area contributed by atoms with Gasteiger partial charge in [-0.05, 0) is 12.1 Å². The highest BCUT2D eigenvalue weighted by Crippen LogP contribution is 2.21. The van der Waals surface area contributed by atoms with E-state index in [-0.39, 0.29) is 0 Å². The van der Waals surface area contributed by atoms with Crippen LogP contribution in [0.2, 0.25) is 0 Å². The highest BCUT2D eigenvalue weighted by Gasteiger charge is 2.27. The lowest BCUT2D eigenvalue weighted by atomic mass is 10.2. The molecule has 5 N–H and O–H groups in total. The Labute approximate surface area is 117 Å². The second-order valence-electron chi connectivity index (χ2n) is 3.81. The van der Waals surface area contributed by atoms with Crippen LogP contribution >= 0.6 is 0 Å². The Morgan fingerprint density at radius 1 is 1.33 bits per heavy atom. The number of benzene rings is 1. The van der Waals surface area contributed by atoms with Gasteiger partial charge >= 0.3 is 5.97 Å². The van der Waals surface area contributed by atoms with E-state index in [9.17, 15) is 26.8 Å². The number of nitrogens with one attached hydrogen (secondary N) is 1. The summed E-state index contributed by atoms with van der Waals surface area (Å²) in [4.78, 5) is 20.1. The van der Waals surface area contributed by atoms with Gasteiger partial charge in [-0.25, -0.2) is 26.7 Å². The second-order valence-corrected chi connectivity index (χ2v) is 5.55. The van der Waals surface area contributed by atoms with Crippen LogP contribution in [0.15, 0.2) is 17.0 Å². The maximum atomic E-state index is 13.8. The molecule has 1 aromatic carbocycles. The number of aliphatic hydroxyl groups is 1. The Morgan fingerprint density at radius 2 is 1.90 bits per heavy atom. The number of amides is 1. The molecular formula is C10H10F2N2O6S. The van der Waals surface area contributed by atoms with Crippen LogP contribution in [-0.2, 0) is 14.8 Å². The van der Waals surface area contributed by atoms with E-state index >= 15 is 0 Å². The zero-order valence-electron chi connectivity index (χ0n) is 10.2. The lowest BCUT2D eigenvalue weighted by molar-refractivity contribution is -0.125. The maximum Gasteiger partial charge on any atom is 0.341 e. The van der Waals surface area contributed by atoms with Crippen molar-refractivity contribution >= 4 is 21.9 Å². The summed E-state index contributed by atoms with van der Waals surface area (Å²) in [5.74, 6) is -6.46. The van der Waals surface area contributed by atoms with Gasteiger partial charge in [0, 0.05) is 6.54 Å². The fourth-order valence-corrected chi connectivity index (χ4v) is 2.42. The molecule has 1 amide bonds. The summed E-state index contributed by atoms with van der Waals surface area (Å²) < 4.78 is 52.0. The standard InChI is InChI=1S/C10H10F2N2O6S/c11-4-1-2-6(8(12)7(4)10(17)18)21(19,20)14-3-5(15)9(13)16/h1-2,5,14-15H,3H2,(H2,13,16)(H,17,18). The van der Waals surface area contributed by atoms with Crippen molar-refractivity contribution in [1.82, 2.24) is 4.72 Å². The van der Waals surface area contributed by atoms with E-state index in [0.29, 0.717) is 12.1 Å². The number of carboxylic acid groups (broad SMARTS) is 1. The Hall–Kier alpha value is -2.11. The van der Waals surface area contributed by atoms with Gasteiger partial charge in [0.05, 0.1) is 0 Å². The highest BCUT2D eigenvalue weighted by molar-refractivity contribution is 7.89. The van der Waals surface area contributed by atoms with Gasteiger partial charge in [-0.3, -0.25) is 4.79 Å². The quantitative estimate of drug-likeness (QED) is 0.516. The van der Waals surface area contributed by atoms with Crippen molar-refractivity contribution in [3.05, 3.63) is 29.3 Å². The van der Waals surface area contributed by atoms with Gasteiger partial charge in [0.15, 0.2) is 5.82 Å². The molecule has 0 aliphatic rings. The van der Waals surface area contributed by atoms with E-state index in [1.807, 2.05) is 0 Å². The first-order chi connectivity index (χ1) is 9.58. The number of carboxylic acids is 1. The fourth-order valence-electron chi connectivity index (χ4n) is 1.30. The summed E-state index contributed by atoms with van der Waals surface area (Å²) >= 11 is 0. The summed E-state index contributed by atoms with van der Waals surface area (Å²) in [6.45, 7) is -0.850. The molecular weight excluding hydrogens is 314 g/mol. The number of carbonyl (C=O) groups excluding carboxylic acids is 1. The summed E-state index contributed by atoms with van der Waals surface area (Å²) in [5, 5.41) is 17.7. The van der Waals surface area contributed by atoms with E-state index in [1.165, 1.54) is 0 Å². The number of nitrogens with two attached hydrogens (primary N) is 1. The lowest BCUT2D eigenvalue weighted by Gasteiger charge is -2.11. The predicted molar refractivity (Wildman–Crippen MR) is 63.7 cm³/mol. The number of hydrogen-bond donors (Lipinski definition) is 4. The van der Waals surface area contributed by atoms with Crippen molar-refractivity contribution in [3.63, 3.8) is 0 Å². The molecule has 1 rings (SSSR count). The molecule has 0 heterocycles. The fraction of sp³-hybridized carbons (Fsp3) is 0.200. The molecule has 0 bridgehead atoms. The average molecular weight is 324 g/mol. The molecule has 0 fully saturated rings. The van der Waals surface area contributed by atoms with E-state index in [2.05, 4.69) is 0 Å². The Bertz CT molecular complexity index is 691. The van der Waals surface area contributed by atoms with Crippen molar-refractivity contribution in [1.29, 1.82) is 0 Å². The largest absolute Gasteiger partial charge is 0.477 e. The first kappa shape index (κ1) is 16.9. The minimum atomic E-state index is -4.62. The SMILES string of the molecule is NC(=O)C(O)CNS(=O)(=O)c1ccc(F)c(C(=O)O)c1F. The van der Waals surface area contributed by atoms with Gasteiger partial charge in [-0.1, -0.05) is 0 Å². The van der Waals surface area contributed by atoms with Crippen molar-refractivity contribution in [2.24, 2.45) is 5.73 Å². The molecule has 0 spiro atoms. The highest BCUT2D eigenvalue weighted by atomic mass is 32.2. The van der Waals surface area contributed by atoms with Crippen LogP contribution in [0.4, 0.5) is 8.78 Å². The summed E-state index contributed by atoms with van der Waals surface area (Å²) in [5.41, 5.74) is 3.26. The van der Waals surface area contributed by atoms with Crippen molar-refractivity contribution in [2.75, 3.05) is 6.54 Å². The molecule has 8 nitrogen and oxygen atoms in total. The number of aliphatic hydroxyl groups excluding tert-OH is 1. The summed E-state index contributed by atoms with van der Waals surface area (Å²) in [6, 6.07) is 0.974. The van der Waals surface area contributed by atoms with Crippen molar-refractivity contribution < 1.29 is 37.0 Å². The van der Waals surface area contributed by atoms with Crippen LogP contribution < -0.4 is 10.5 Å². The molecule has 11 heteroatoms. The zero-order chi connectivity index (χ0) is 16.4. The van der Waals surface area contributed by atoms with Gasteiger partial charge in [0.25, 0.3) is 0 Å². The molecule has 21 heavy (non-hydrogen) atoms. The van der Waals surface area contributed by atoms with Crippen LogP contribution in [0.25, 0.3) is 0 Å². The number of aromatic carboxylic acids is 1. The third-order valence-electron chi connectivity index (χ3n) is 2.35. The van der Waals surface area contributed by atoms with Gasteiger partial charge in [0.2, 0.25) is 15.9 Å². The molecule has 116 valence electrons. The van der Waals surface area contributed by atoms with Crippen LogP contribution in [0.5, 0.6) is 0 Å². The first-order valence-corrected chi connectivity index (χ1v) is 6.74. The molecule has 0 radical (unpaired) electrons. The Kier molecular flexibility index (Phi) is 4.93. The van der Waals surface area contributed by atoms with E-state index in [0.717, 1.165) is 0 Å². The summed E-state index contributed by atoms with van der Waals surface area (Å²) in [7, 11) is -4.62.